The van der Waals surface area contributed by atoms with Gasteiger partial charge in [-0.15, -0.1) is 11.6 Å². The molecule has 0 aliphatic rings. The molecule has 0 aliphatic heterocycles. The summed E-state index contributed by atoms with van der Waals surface area (Å²) in [7, 11) is 1.19. The van der Waals surface area contributed by atoms with Crippen LogP contribution in [0.25, 0.3) is 0 Å². The molecule has 0 aromatic heterocycles. The van der Waals surface area contributed by atoms with Crippen LogP contribution >= 0.6 is 27.5 Å². The van der Waals surface area contributed by atoms with Crippen LogP contribution in [0.4, 0.5) is 8.78 Å². The topological polar surface area (TPSA) is 35.5 Å². The van der Waals surface area contributed by atoms with Gasteiger partial charge >= 0.3 is 12.6 Å². The maximum absolute atomic E-state index is 12.2. The fourth-order valence-electron chi connectivity index (χ4n) is 1.24. The van der Waals surface area contributed by atoms with Crippen molar-refractivity contribution in [1.29, 1.82) is 0 Å². The summed E-state index contributed by atoms with van der Waals surface area (Å²) in [4.78, 5) is 11.4. The van der Waals surface area contributed by atoms with Gasteiger partial charge in [0.2, 0.25) is 0 Å². The van der Waals surface area contributed by atoms with E-state index in [2.05, 4.69) is 25.4 Å². The number of halogens is 4. The number of alkyl halides is 3. The number of ether oxygens (including phenoxy) is 2. The van der Waals surface area contributed by atoms with Gasteiger partial charge < -0.3 is 9.47 Å². The van der Waals surface area contributed by atoms with Gasteiger partial charge in [-0.3, -0.25) is 0 Å². The van der Waals surface area contributed by atoms with E-state index in [1.165, 1.54) is 19.2 Å². The minimum Gasteiger partial charge on any atom is -0.465 e. The maximum Gasteiger partial charge on any atom is 0.387 e. The summed E-state index contributed by atoms with van der Waals surface area (Å²) in [6, 6.07) is 2.75. The van der Waals surface area contributed by atoms with E-state index < -0.39 is 12.6 Å². The Balaban J connectivity index is 3.29. The largest absolute Gasteiger partial charge is 0.465 e. The minimum atomic E-state index is -2.99. The molecule has 1 aromatic rings. The van der Waals surface area contributed by atoms with Gasteiger partial charge in [0.05, 0.1) is 18.6 Å². The van der Waals surface area contributed by atoms with Crippen LogP contribution < -0.4 is 4.74 Å². The molecule has 0 amide bonds. The Morgan fingerprint density at radius 1 is 1.53 bits per heavy atom. The monoisotopic (exact) mass is 328 g/mol. The van der Waals surface area contributed by atoms with E-state index in [-0.39, 0.29) is 22.8 Å². The molecule has 94 valence electrons. The Bertz CT molecular complexity index is 426. The van der Waals surface area contributed by atoms with Crippen LogP contribution in [0.3, 0.4) is 0 Å². The zero-order valence-electron chi connectivity index (χ0n) is 8.68. The zero-order valence-corrected chi connectivity index (χ0v) is 11.0. The number of carbonyl (C=O) groups excluding carboxylic acids is 1. The van der Waals surface area contributed by atoms with E-state index >= 15 is 0 Å². The van der Waals surface area contributed by atoms with E-state index in [0.29, 0.717) is 4.47 Å². The summed E-state index contributed by atoms with van der Waals surface area (Å²) >= 11 is 8.71. The number of methoxy groups -OCH3 is 1. The minimum absolute atomic E-state index is 0.0903. The van der Waals surface area contributed by atoms with Gasteiger partial charge in [-0.25, -0.2) is 4.79 Å². The van der Waals surface area contributed by atoms with Crippen molar-refractivity contribution in [3.63, 3.8) is 0 Å². The van der Waals surface area contributed by atoms with E-state index in [0.717, 1.165) is 0 Å². The highest BCUT2D eigenvalue weighted by Crippen LogP contribution is 2.30. The Hall–Kier alpha value is -0.880. The van der Waals surface area contributed by atoms with Gasteiger partial charge in [0.1, 0.15) is 5.75 Å². The fraction of sp³-hybridized carbons (Fsp3) is 0.300. The lowest BCUT2D eigenvalue weighted by Gasteiger charge is -2.13. The normalized spacial score (nSPS) is 10.5. The highest BCUT2D eigenvalue weighted by atomic mass is 79.9. The number of carbonyl (C=O) groups is 1. The molecule has 0 fully saturated rings. The standard InChI is InChI=1S/C10H8BrClF2O3/c1-16-9(15)6-2-5(11)3-8(7(6)4-12)17-10(13)14/h2-3,10H,4H2,1H3. The first kappa shape index (κ1) is 14.2. The number of esters is 1. The molecule has 1 aromatic carbocycles. The predicted molar refractivity (Wildman–Crippen MR) is 61.7 cm³/mol. The first-order chi connectivity index (χ1) is 7.99. The van der Waals surface area contributed by atoms with Crippen molar-refractivity contribution in [2.24, 2.45) is 0 Å². The molecule has 0 N–H and O–H groups in total. The molecule has 0 aliphatic carbocycles. The van der Waals surface area contributed by atoms with Crippen molar-refractivity contribution < 1.29 is 23.0 Å². The van der Waals surface area contributed by atoms with Gasteiger partial charge in [0.25, 0.3) is 0 Å². The van der Waals surface area contributed by atoms with Gasteiger partial charge in [-0.05, 0) is 12.1 Å². The van der Waals surface area contributed by atoms with Crippen LogP contribution in [0.2, 0.25) is 0 Å². The summed E-state index contributed by atoms with van der Waals surface area (Å²) in [6.45, 7) is -2.99. The quantitative estimate of drug-likeness (QED) is 0.626. The number of hydrogen-bond acceptors (Lipinski definition) is 3. The van der Waals surface area contributed by atoms with Crippen LogP contribution in [-0.2, 0) is 10.6 Å². The summed E-state index contributed by atoms with van der Waals surface area (Å²) in [5, 5.41) is 0. The Morgan fingerprint density at radius 3 is 2.65 bits per heavy atom. The van der Waals surface area contributed by atoms with Crippen LogP contribution in [0.1, 0.15) is 15.9 Å². The van der Waals surface area contributed by atoms with Gasteiger partial charge in [-0.2, -0.15) is 8.78 Å². The summed E-state index contributed by atoms with van der Waals surface area (Å²) < 4.78 is 33.6. The molecule has 0 bridgehead atoms. The molecule has 0 spiro atoms. The van der Waals surface area contributed by atoms with Crippen LogP contribution in [0, 0.1) is 0 Å². The second-order valence-electron chi connectivity index (χ2n) is 2.93. The summed E-state index contributed by atoms with van der Waals surface area (Å²) in [6.07, 6.45) is 0. The second kappa shape index (κ2) is 6.16. The maximum atomic E-state index is 12.2. The summed E-state index contributed by atoms with van der Waals surface area (Å²) in [5.41, 5.74) is 0.259. The average Bonchev–Trinajstić information content (AvgIpc) is 2.26. The number of benzene rings is 1. The zero-order chi connectivity index (χ0) is 13.0. The van der Waals surface area contributed by atoms with Gasteiger partial charge in [0.15, 0.2) is 0 Å². The molecule has 0 saturated carbocycles. The first-order valence-corrected chi connectivity index (χ1v) is 5.73. The van der Waals surface area contributed by atoms with Crippen molar-refractivity contribution >= 4 is 33.5 Å². The predicted octanol–water partition coefficient (Wildman–Crippen LogP) is 3.58. The molecule has 1 rings (SSSR count). The third kappa shape index (κ3) is 3.54. The molecule has 0 radical (unpaired) electrons. The lowest BCUT2D eigenvalue weighted by molar-refractivity contribution is -0.0504. The van der Waals surface area contributed by atoms with Gasteiger partial charge in [0, 0.05) is 10.0 Å². The Labute approximate surface area is 110 Å². The summed E-state index contributed by atoms with van der Waals surface area (Å²) in [5.74, 6) is -0.953. The average molecular weight is 330 g/mol. The van der Waals surface area contributed by atoms with Crippen LogP contribution in [-0.4, -0.2) is 19.7 Å². The molecular weight excluding hydrogens is 321 g/mol. The number of hydrogen-bond donors (Lipinski definition) is 0. The highest BCUT2D eigenvalue weighted by Gasteiger charge is 2.19. The fourth-order valence-corrected chi connectivity index (χ4v) is 1.96. The lowest BCUT2D eigenvalue weighted by Crippen LogP contribution is -2.10. The van der Waals surface area contributed by atoms with Crippen LogP contribution in [0.5, 0.6) is 5.75 Å². The lowest BCUT2D eigenvalue weighted by atomic mass is 10.1. The van der Waals surface area contributed by atoms with Crippen LogP contribution in [0.15, 0.2) is 16.6 Å². The molecule has 0 atom stereocenters. The van der Waals surface area contributed by atoms with E-state index in [1.807, 2.05) is 0 Å². The van der Waals surface area contributed by atoms with Crippen molar-refractivity contribution in [2.45, 2.75) is 12.5 Å². The smallest absolute Gasteiger partial charge is 0.387 e. The molecule has 3 nitrogen and oxygen atoms in total. The first-order valence-electron chi connectivity index (χ1n) is 4.41. The Kier molecular flexibility index (Phi) is 5.14. The number of rotatable bonds is 4. The van der Waals surface area contributed by atoms with E-state index in [1.54, 1.807) is 0 Å². The van der Waals surface area contributed by atoms with Gasteiger partial charge in [-0.1, -0.05) is 15.9 Å². The molecule has 7 heteroatoms. The SMILES string of the molecule is COC(=O)c1cc(Br)cc(OC(F)F)c1CCl. The van der Waals surface area contributed by atoms with E-state index in [4.69, 9.17) is 11.6 Å². The second-order valence-corrected chi connectivity index (χ2v) is 4.12. The third-order valence-corrected chi connectivity index (χ3v) is 2.65. The Morgan fingerprint density at radius 2 is 2.18 bits per heavy atom. The molecule has 0 unspecified atom stereocenters. The molecule has 0 heterocycles. The van der Waals surface area contributed by atoms with Crippen molar-refractivity contribution in [2.75, 3.05) is 7.11 Å². The molecule has 17 heavy (non-hydrogen) atoms. The van der Waals surface area contributed by atoms with Crippen molar-refractivity contribution in [3.05, 3.63) is 27.7 Å². The third-order valence-electron chi connectivity index (χ3n) is 1.93. The molecule has 0 saturated heterocycles. The van der Waals surface area contributed by atoms with Crippen molar-refractivity contribution in [1.82, 2.24) is 0 Å². The van der Waals surface area contributed by atoms with E-state index in [9.17, 15) is 13.6 Å². The van der Waals surface area contributed by atoms with Crippen molar-refractivity contribution in [3.8, 4) is 5.75 Å². The highest BCUT2D eigenvalue weighted by molar-refractivity contribution is 9.10. The molecular formula is C10H8BrClF2O3.